The molecule has 8 heteroatoms. The first-order chi connectivity index (χ1) is 12.1. The van der Waals surface area contributed by atoms with Gasteiger partial charge in [-0.2, -0.15) is 0 Å². The molecule has 0 bridgehead atoms. The van der Waals surface area contributed by atoms with Crippen molar-refractivity contribution >= 4 is 49.3 Å². The highest BCUT2D eigenvalue weighted by atomic mass is 79.9. The number of nitrogens with one attached hydrogen (secondary N) is 1. The molecule has 0 aromatic heterocycles. The lowest BCUT2D eigenvalue weighted by Gasteiger charge is -2.16. The van der Waals surface area contributed by atoms with Crippen molar-refractivity contribution in [2.45, 2.75) is 28.9 Å². The van der Waals surface area contributed by atoms with E-state index in [0.29, 0.717) is 5.69 Å². The maximum Gasteiger partial charge on any atom is 0.242 e. The number of carbonyl (C=O) groups excluding carboxylic acids is 1. The van der Waals surface area contributed by atoms with Gasteiger partial charge in [-0.15, -0.1) is 11.8 Å². The SMILES string of the molecule is Cc1ccc(S(=O)(=O)N(C)C)cc1NC(=O)C(C)Sc1ccc(Br)cc1. The number of thioether (sulfide) groups is 1. The molecule has 0 aliphatic heterocycles. The van der Waals surface area contributed by atoms with Crippen molar-refractivity contribution in [3.8, 4) is 0 Å². The van der Waals surface area contributed by atoms with Crippen LogP contribution in [0.2, 0.25) is 0 Å². The highest BCUT2D eigenvalue weighted by Gasteiger charge is 2.20. The second-order valence-corrected chi connectivity index (χ2v) is 10.4. The van der Waals surface area contributed by atoms with Crippen molar-refractivity contribution in [1.82, 2.24) is 4.31 Å². The molecular formula is C18H21BrN2O3S2. The number of nitrogens with zero attached hydrogens (tertiary/aromatic N) is 1. The van der Waals surface area contributed by atoms with Gasteiger partial charge in [-0.25, -0.2) is 12.7 Å². The van der Waals surface area contributed by atoms with Gasteiger partial charge in [-0.05, 0) is 55.8 Å². The molecule has 5 nitrogen and oxygen atoms in total. The van der Waals surface area contributed by atoms with Crippen molar-refractivity contribution in [1.29, 1.82) is 0 Å². The van der Waals surface area contributed by atoms with Crippen LogP contribution in [0.4, 0.5) is 5.69 Å². The van der Waals surface area contributed by atoms with Crippen LogP contribution in [0, 0.1) is 6.92 Å². The zero-order chi connectivity index (χ0) is 19.5. The molecule has 0 heterocycles. The van der Waals surface area contributed by atoms with Gasteiger partial charge in [-0.3, -0.25) is 4.79 Å². The van der Waals surface area contributed by atoms with Crippen molar-refractivity contribution in [2.24, 2.45) is 0 Å². The molecule has 1 amide bonds. The van der Waals surface area contributed by atoms with E-state index in [0.717, 1.165) is 19.2 Å². The number of carbonyl (C=O) groups is 1. The summed E-state index contributed by atoms with van der Waals surface area (Å²) in [5.41, 5.74) is 1.30. The summed E-state index contributed by atoms with van der Waals surface area (Å²) < 4.78 is 26.7. The van der Waals surface area contributed by atoms with Gasteiger partial charge in [0.15, 0.2) is 0 Å². The van der Waals surface area contributed by atoms with E-state index >= 15 is 0 Å². The molecule has 2 rings (SSSR count). The Morgan fingerprint density at radius 3 is 2.35 bits per heavy atom. The van der Waals surface area contributed by atoms with Gasteiger partial charge >= 0.3 is 0 Å². The van der Waals surface area contributed by atoms with Gasteiger partial charge < -0.3 is 5.32 Å². The second-order valence-electron chi connectivity index (χ2n) is 5.97. The molecule has 0 saturated carbocycles. The minimum atomic E-state index is -3.55. The van der Waals surface area contributed by atoms with E-state index in [1.54, 1.807) is 12.1 Å². The molecule has 0 spiro atoms. The van der Waals surface area contributed by atoms with Crippen LogP contribution in [0.1, 0.15) is 12.5 Å². The van der Waals surface area contributed by atoms with Crippen LogP contribution in [-0.2, 0) is 14.8 Å². The third-order valence-corrected chi connectivity index (χ3v) is 7.19. The van der Waals surface area contributed by atoms with Gasteiger partial charge in [0.1, 0.15) is 0 Å². The van der Waals surface area contributed by atoms with Crippen LogP contribution in [0.3, 0.4) is 0 Å². The van der Waals surface area contributed by atoms with Crippen LogP contribution in [-0.4, -0.2) is 38.0 Å². The van der Waals surface area contributed by atoms with E-state index in [1.165, 1.54) is 31.9 Å². The van der Waals surface area contributed by atoms with Crippen LogP contribution in [0.15, 0.2) is 56.7 Å². The third-order valence-electron chi connectivity index (χ3n) is 3.74. The molecule has 2 aromatic carbocycles. The van der Waals surface area contributed by atoms with E-state index in [9.17, 15) is 13.2 Å². The summed E-state index contributed by atoms with van der Waals surface area (Å²) in [4.78, 5) is 13.7. The number of anilines is 1. The van der Waals surface area contributed by atoms with Crippen molar-refractivity contribution < 1.29 is 13.2 Å². The van der Waals surface area contributed by atoms with Gasteiger partial charge in [0, 0.05) is 29.2 Å². The Morgan fingerprint density at radius 2 is 1.77 bits per heavy atom. The summed E-state index contributed by atoms with van der Waals surface area (Å²) in [6.45, 7) is 3.64. The fourth-order valence-corrected chi connectivity index (χ4v) is 4.17. The quantitative estimate of drug-likeness (QED) is 0.663. The summed E-state index contributed by atoms with van der Waals surface area (Å²) >= 11 is 4.83. The topological polar surface area (TPSA) is 66.5 Å². The average Bonchev–Trinajstić information content (AvgIpc) is 2.58. The number of hydrogen-bond donors (Lipinski definition) is 1. The van der Waals surface area contributed by atoms with Crippen LogP contribution >= 0.6 is 27.7 Å². The zero-order valence-corrected chi connectivity index (χ0v) is 18.2. The minimum Gasteiger partial charge on any atom is -0.325 e. The molecule has 1 unspecified atom stereocenters. The molecule has 0 aliphatic carbocycles. The van der Waals surface area contributed by atoms with Gasteiger partial charge in [0.25, 0.3) is 0 Å². The van der Waals surface area contributed by atoms with Crippen LogP contribution < -0.4 is 5.32 Å². The lowest BCUT2D eigenvalue weighted by atomic mass is 10.2. The fourth-order valence-electron chi connectivity index (χ4n) is 2.11. The average molecular weight is 457 g/mol. The lowest BCUT2D eigenvalue weighted by Crippen LogP contribution is -2.24. The second kappa shape index (κ2) is 8.56. The largest absolute Gasteiger partial charge is 0.325 e. The van der Waals surface area contributed by atoms with E-state index in [1.807, 2.05) is 38.1 Å². The van der Waals surface area contributed by atoms with Crippen LogP contribution in [0.25, 0.3) is 0 Å². The molecule has 0 saturated heterocycles. The first-order valence-electron chi connectivity index (χ1n) is 7.87. The minimum absolute atomic E-state index is 0.150. The Labute approximate surface area is 167 Å². The molecule has 0 fully saturated rings. The van der Waals surface area contributed by atoms with Crippen molar-refractivity contribution in [2.75, 3.05) is 19.4 Å². The monoisotopic (exact) mass is 456 g/mol. The lowest BCUT2D eigenvalue weighted by molar-refractivity contribution is -0.115. The molecule has 26 heavy (non-hydrogen) atoms. The summed E-state index contributed by atoms with van der Waals surface area (Å²) in [6, 6.07) is 12.5. The number of hydrogen-bond acceptors (Lipinski definition) is 4. The predicted molar refractivity (Wildman–Crippen MR) is 110 cm³/mol. The molecule has 140 valence electrons. The Balaban J connectivity index is 2.16. The highest BCUT2D eigenvalue weighted by molar-refractivity contribution is 9.10. The molecule has 1 N–H and O–H groups in total. The fraction of sp³-hybridized carbons (Fsp3) is 0.278. The maximum absolute atomic E-state index is 12.5. The first-order valence-corrected chi connectivity index (χ1v) is 11.0. The van der Waals surface area contributed by atoms with Gasteiger partial charge in [0.05, 0.1) is 10.1 Å². The highest BCUT2D eigenvalue weighted by Crippen LogP contribution is 2.27. The van der Waals surface area contributed by atoms with E-state index in [4.69, 9.17) is 0 Å². The molecule has 1 atom stereocenters. The smallest absolute Gasteiger partial charge is 0.242 e. The number of halogens is 1. The maximum atomic E-state index is 12.5. The third kappa shape index (κ3) is 5.09. The van der Waals surface area contributed by atoms with Gasteiger partial charge in [-0.1, -0.05) is 22.0 Å². The number of aryl methyl sites for hydroxylation is 1. The zero-order valence-electron chi connectivity index (χ0n) is 15.0. The Kier molecular flexibility index (Phi) is 6.90. The number of sulfonamides is 1. The molecule has 0 aliphatic rings. The Hall–Kier alpha value is -1.35. The summed E-state index contributed by atoms with van der Waals surface area (Å²) in [5, 5.41) is 2.51. The number of benzene rings is 2. The first kappa shape index (κ1) is 21.0. The summed E-state index contributed by atoms with van der Waals surface area (Å²) in [7, 11) is -0.599. The molecule has 2 aromatic rings. The Bertz CT molecular complexity index is 897. The van der Waals surface area contributed by atoms with Gasteiger partial charge in [0.2, 0.25) is 15.9 Å². The summed E-state index contributed by atoms with van der Waals surface area (Å²) in [5.74, 6) is -0.180. The standard InChI is InChI=1S/C18H21BrN2O3S2/c1-12-5-10-16(26(23,24)21(3)4)11-17(12)20-18(22)13(2)25-15-8-6-14(19)7-9-15/h5-11,13H,1-4H3,(H,20,22). The van der Waals surface area contributed by atoms with Crippen molar-refractivity contribution in [3.05, 3.63) is 52.5 Å². The van der Waals surface area contributed by atoms with E-state index < -0.39 is 10.0 Å². The number of amides is 1. The normalized spacial score (nSPS) is 12.8. The van der Waals surface area contributed by atoms with E-state index in [-0.39, 0.29) is 16.1 Å². The predicted octanol–water partition coefficient (Wildman–Crippen LogP) is 4.13. The van der Waals surface area contributed by atoms with E-state index in [2.05, 4.69) is 21.2 Å². The van der Waals surface area contributed by atoms with Crippen LogP contribution in [0.5, 0.6) is 0 Å². The molecular weight excluding hydrogens is 436 g/mol. The summed E-state index contributed by atoms with van der Waals surface area (Å²) in [6.07, 6.45) is 0. The number of rotatable bonds is 6. The molecule has 0 radical (unpaired) electrons. The Morgan fingerprint density at radius 1 is 1.15 bits per heavy atom. The van der Waals surface area contributed by atoms with Crippen molar-refractivity contribution in [3.63, 3.8) is 0 Å².